The van der Waals surface area contributed by atoms with Crippen molar-refractivity contribution in [1.29, 1.82) is 0 Å². The molecule has 1 heterocycles. The number of unbranched alkanes of at least 4 members (excludes halogenated alkanes) is 1. The third-order valence-corrected chi connectivity index (χ3v) is 5.08. The molecule has 0 saturated heterocycles. The molecule has 2 aliphatic rings. The molecule has 0 amide bonds. The lowest BCUT2D eigenvalue weighted by Gasteiger charge is -2.38. The van der Waals surface area contributed by atoms with Crippen molar-refractivity contribution in [2.24, 2.45) is 16.8 Å². The summed E-state index contributed by atoms with van der Waals surface area (Å²) in [5.41, 5.74) is 4.00. The van der Waals surface area contributed by atoms with Gasteiger partial charge in [0.25, 0.3) is 0 Å². The lowest BCUT2D eigenvalue weighted by Crippen LogP contribution is -2.42. The Labute approximate surface area is 160 Å². The van der Waals surface area contributed by atoms with Gasteiger partial charge < -0.3 is 20.6 Å². The molecular formula is C20H29ClN2O3. The van der Waals surface area contributed by atoms with Crippen LogP contribution in [0.1, 0.15) is 46.0 Å². The van der Waals surface area contributed by atoms with Crippen molar-refractivity contribution in [2.75, 3.05) is 0 Å². The second kappa shape index (κ2) is 10.1. The van der Waals surface area contributed by atoms with E-state index in [9.17, 15) is 15.3 Å². The van der Waals surface area contributed by atoms with E-state index in [0.29, 0.717) is 18.7 Å². The van der Waals surface area contributed by atoms with Crippen LogP contribution in [0.3, 0.4) is 0 Å². The van der Waals surface area contributed by atoms with Crippen LogP contribution in [0.25, 0.3) is 0 Å². The maximum absolute atomic E-state index is 10.6. The van der Waals surface area contributed by atoms with E-state index in [1.54, 1.807) is 6.08 Å². The first-order chi connectivity index (χ1) is 12.5. The summed E-state index contributed by atoms with van der Waals surface area (Å²) in [5.74, 6) is 0.489. The van der Waals surface area contributed by atoms with Gasteiger partial charge in [0.1, 0.15) is 5.84 Å². The minimum atomic E-state index is -1.38. The predicted octanol–water partition coefficient (Wildman–Crippen LogP) is 3.34. The van der Waals surface area contributed by atoms with Crippen LogP contribution in [-0.2, 0) is 0 Å². The van der Waals surface area contributed by atoms with Crippen LogP contribution in [0.15, 0.2) is 51.7 Å². The van der Waals surface area contributed by atoms with Gasteiger partial charge in [0.05, 0.1) is 0 Å². The Balaban J connectivity index is 2.34. The standard InChI is InChI=1S/C20H29ClN2O3/c1-3-5-8-14-11-15(20(25)26)12-16-17(14)22-18(23-19(16)24)13(7-4-2)9-6-10-21/h4,6-7,9-10,14-15,19-20,24-26H,3,5,8,11-12H2,1-2H3,(H,22,23)/b7-4-,10-6+,13-9+. The lowest BCUT2D eigenvalue weighted by molar-refractivity contribution is -0.0920. The third kappa shape index (κ3) is 5.07. The van der Waals surface area contributed by atoms with Gasteiger partial charge in [-0.15, -0.1) is 0 Å². The van der Waals surface area contributed by atoms with Crippen LogP contribution in [0.2, 0.25) is 0 Å². The maximum atomic E-state index is 10.6. The monoisotopic (exact) mass is 380 g/mol. The molecule has 26 heavy (non-hydrogen) atoms. The highest BCUT2D eigenvalue weighted by atomic mass is 35.5. The van der Waals surface area contributed by atoms with Crippen LogP contribution in [0, 0.1) is 11.8 Å². The Hall–Kier alpha value is -1.40. The van der Waals surface area contributed by atoms with E-state index in [4.69, 9.17) is 11.6 Å². The van der Waals surface area contributed by atoms with E-state index < -0.39 is 12.5 Å². The zero-order valence-electron chi connectivity index (χ0n) is 15.4. The smallest absolute Gasteiger partial charge is 0.171 e. The van der Waals surface area contributed by atoms with Crippen LogP contribution in [0.4, 0.5) is 0 Å². The van der Waals surface area contributed by atoms with Crippen molar-refractivity contribution in [1.82, 2.24) is 5.32 Å². The Morgan fingerprint density at radius 1 is 1.42 bits per heavy atom. The lowest BCUT2D eigenvalue weighted by atomic mass is 9.76. The summed E-state index contributed by atoms with van der Waals surface area (Å²) in [6.45, 7) is 4.05. The summed E-state index contributed by atoms with van der Waals surface area (Å²) in [5, 5.41) is 33.3. The Bertz CT molecular complexity index is 635. The predicted molar refractivity (Wildman–Crippen MR) is 105 cm³/mol. The van der Waals surface area contributed by atoms with E-state index in [-0.39, 0.29) is 11.8 Å². The Morgan fingerprint density at radius 3 is 2.81 bits per heavy atom. The molecule has 0 radical (unpaired) electrons. The summed E-state index contributed by atoms with van der Waals surface area (Å²) >= 11 is 5.63. The van der Waals surface area contributed by atoms with Gasteiger partial charge in [0.2, 0.25) is 0 Å². The highest BCUT2D eigenvalue weighted by Gasteiger charge is 2.37. The molecule has 1 aliphatic carbocycles. The molecule has 3 atom stereocenters. The quantitative estimate of drug-likeness (QED) is 0.403. The number of amidine groups is 1. The molecule has 0 fully saturated rings. The number of allylic oxidation sites excluding steroid dienone is 4. The molecule has 1 aliphatic heterocycles. The summed E-state index contributed by atoms with van der Waals surface area (Å²) < 4.78 is 0. The first-order valence-electron chi connectivity index (χ1n) is 9.23. The van der Waals surface area contributed by atoms with Crippen LogP contribution < -0.4 is 5.32 Å². The van der Waals surface area contributed by atoms with Crippen molar-refractivity contribution in [3.8, 4) is 0 Å². The van der Waals surface area contributed by atoms with Crippen LogP contribution in [-0.4, -0.2) is 33.7 Å². The summed E-state index contributed by atoms with van der Waals surface area (Å²) in [6.07, 6.45) is 9.19. The van der Waals surface area contributed by atoms with Gasteiger partial charge in [-0.1, -0.05) is 55.7 Å². The number of aliphatic hydroxyl groups excluding tert-OH is 2. The maximum Gasteiger partial charge on any atom is 0.171 e. The van der Waals surface area contributed by atoms with Crippen molar-refractivity contribution in [2.45, 2.75) is 58.5 Å². The second-order valence-electron chi connectivity index (χ2n) is 6.81. The van der Waals surface area contributed by atoms with Crippen LogP contribution >= 0.6 is 11.6 Å². The van der Waals surface area contributed by atoms with Crippen molar-refractivity contribution >= 4 is 17.4 Å². The Morgan fingerprint density at radius 2 is 2.19 bits per heavy atom. The SMILES string of the molecule is C\C=C/C(=C\C=C\Cl)C1=NC(O)C2=C(N1)C(CCCC)CC(C(O)O)C2. The number of halogens is 1. The van der Waals surface area contributed by atoms with E-state index >= 15 is 0 Å². The zero-order chi connectivity index (χ0) is 19.1. The van der Waals surface area contributed by atoms with E-state index in [1.165, 1.54) is 5.54 Å². The van der Waals surface area contributed by atoms with E-state index in [0.717, 1.165) is 36.1 Å². The molecule has 2 rings (SSSR count). The van der Waals surface area contributed by atoms with Gasteiger partial charge in [0.15, 0.2) is 12.5 Å². The molecule has 5 nitrogen and oxygen atoms in total. The second-order valence-corrected chi connectivity index (χ2v) is 7.06. The highest BCUT2D eigenvalue weighted by molar-refractivity contribution is 6.25. The van der Waals surface area contributed by atoms with Gasteiger partial charge in [-0.05, 0) is 32.1 Å². The van der Waals surface area contributed by atoms with E-state index in [2.05, 4.69) is 17.2 Å². The minimum Gasteiger partial charge on any atom is -0.368 e. The number of nitrogens with one attached hydrogen (secondary N) is 1. The van der Waals surface area contributed by atoms with Gasteiger partial charge in [-0.25, -0.2) is 4.99 Å². The van der Waals surface area contributed by atoms with Gasteiger partial charge >= 0.3 is 0 Å². The van der Waals surface area contributed by atoms with E-state index in [1.807, 2.05) is 25.2 Å². The molecule has 144 valence electrons. The molecule has 3 unspecified atom stereocenters. The van der Waals surface area contributed by atoms with Crippen LogP contribution in [0.5, 0.6) is 0 Å². The average molecular weight is 381 g/mol. The number of rotatable bonds is 7. The number of aliphatic imine (C=N–C) groups is 1. The first kappa shape index (κ1) is 20.9. The molecule has 0 aromatic rings. The van der Waals surface area contributed by atoms with Gasteiger partial charge in [-0.2, -0.15) is 0 Å². The highest BCUT2D eigenvalue weighted by Crippen LogP contribution is 2.40. The summed E-state index contributed by atoms with van der Waals surface area (Å²) in [4.78, 5) is 4.39. The fourth-order valence-electron chi connectivity index (χ4n) is 3.63. The number of hydrogen-bond donors (Lipinski definition) is 4. The van der Waals surface area contributed by atoms with Crippen molar-refractivity contribution in [3.05, 3.63) is 46.7 Å². The summed E-state index contributed by atoms with van der Waals surface area (Å²) in [6, 6.07) is 0. The molecule has 0 aromatic carbocycles. The fraction of sp³-hybridized carbons (Fsp3) is 0.550. The van der Waals surface area contributed by atoms with Gasteiger partial charge in [-0.3, -0.25) is 0 Å². The number of nitrogens with zero attached hydrogens (tertiary/aromatic N) is 1. The largest absolute Gasteiger partial charge is 0.368 e. The van der Waals surface area contributed by atoms with Crippen molar-refractivity contribution in [3.63, 3.8) is 0 Å². The molecule has 0 aromatic heterocycles. The average Bonchev–Trinajstić information content (AvgIpc) is 2.63. The first-order valence-corrected chi connectivity index (χ1v) is 9.67. The molecular weight excluding hydrogens is 352 g/mol. The molecule has 4 N–H and O–H groups in total. The third-order valence-electron chi connectivity index (χ3n) is 4.94. The summed E-state index contributed by atoms with van der Waals surface area (Å²) in [7, 11) is 0. The normalized spacial score (nSPS) is 27.3. The fourth-order valence-corrected chi connectivity index (χ4v) is 3.70. The molecule has 0 saturated carbocycles. The Kier molecular flexibility index (Phi) is 8.10. The molecule has 0 spiro atoms. The number of aliphatic hydroxyl groups is 3. The zero-order valence-corrected chi connectivity index (χ0v) is 16.2. The minimum absolute atomic E-state index is 0.154. The van der Waals surface area contributed by atoms with Crippen molar-refractivity contribution < 1.29 is 15.3 Å². The molecule has 0 bridgehead atoms. The number of hydrogen-bond acceptors (Lipinski definition) is 5. The molecule has 6 heteroatoms. The topological polar surface area (TPSA) is 85.1 Å². The van der Waals surface area contributed by atoms with Gasteiger partial charge in [0, 0.05) is 28.3 Å².